The van der Waals surface area contributed by atoms with Crippen LogP contribution < -0.4 is 0 Å². The third-order valence-electron chi connectivity index (χ3n) is 2.53. The molecule has 1 aromatic heterocycles. The zero-order valence-corrected chi connectivity index (χ0v) is 8.69. The predicted octanol–water partition coefficient (Wildman–Crippen LogP) is 2.65. The lowest BCUT2D eigenvalue weighted by Crippen LogP contribution is -2.00. The number of benzene rings is 1. The molecule has 0 saturated heterocycles. The normalized spacial score (nSPS) is 10.8. The first kappa shape index (κ1) is 10.7. The van der Waals surface area contributed by atoms with E-state index in [1.807, 2.05) is 16.8 Å². The highest BCUT2D eigenvalue weighted by Gasteiger charge is 2.03. The minimum absolute atomic E-state index is 0.134. The number of carbonyl (C=O) groups is 1. The standard InChI is InChI=1S/C12H12FNO2/c13-10-4-3-9-5-7-14(11(9)8-10)6-1-2-12(15)16/h3-5,7-8H,1-2,6H2,(H,15,16). The van der Waals surface area contributed by atoms with Gasteiger partial charge in [-0.25, -0.2) is 4.39 Å². The quantitative estimate of drug-likeness (QED) is 0.862. The SMILES string of the molecule is O=C(O)CCCn1ccc2ccc(F)cc21. The fraction of sp³-hybridized carbons (Fsp3) is 0.250. The van der Waals surface area contributed by atoms with Crippen molar-refractivity contribution in [1.82, 2.24) is 4.57 Å². The van der Waals surface area contributed by atoms with Crippen LogP contribution in [0.25, 0.3) is 10.9 Å². The molecule has 0 bridgehead atoms. The number of aryl methyl sites for hydroxylation is 1. The zero-order chi connectivity index (χ0) is 11.5. The van der Waals surface area contributed by atoms with Gasteiger partial charge < -0.3 is 9.67 Å². The molecule has 4 heteroatoms. The van der Waals surface area contributed by atoms with Crippen molar-refractivity contribution in [3.8, 4) is 0 Å². The van der Waals surface area contributed by atoms with Crippen molar-refractivity contribution in [2.75, 3.05) is 0 Å². The third kappa shape index (κ3) is 2.21. The smallest absolute Gasteiger partial charge is 0.303 e. The van der Waals surface area contributed by atoms with Crippen molar-refractivity contribution in [2.24, 2.45) is 0 Å². The summed E-state index contributed by atoms with van der Waals surface area (Å²) in [4.78, 5) is 10.4. The van der Waals surface area contributed by atoms with Gasteiger partial charge in [0.1, 0.15) is 5.82 Å². The Labute approximate surface area is 92.1 Å². The highest BCUT2D eigenvalue weighted by Crippen LogP contribution is 2.17. The number of hydrogen-bond acceptors (Lipinski definition) is 1. The van der Waals surface area contributed by atoms with E-state index in [0.717, 1.165) is 10.9 Å². The summed E-state index contributed by atoms with van der Waals surface area (Å²) in [5, 5.41) is 9.50. The number of aliphatic carboxylic acids is 1. The van der Waals surface area contributed by atoms with Gasteiger partial charge in [-0.15, -0.1) is 0 Å². The molecule has 0 unspecified atom stereocenters. The molecule has 0 atom stereocenters. The maximum Gasteiger partial charge on any atom is 0.303 e. The van der Waals surface area contributed by atoms with Crippen LogP contribution in [0.3, 0.4) is 0 Å². The Kier molecular flexibility index (Phi) is 2.90. The van der Waals surface area contributed by atoms with Crippen LogP contribution in [0.2, 0.25) is 0 Å². The van der Waals surface area contributed by atoms with Crippen LogP contribution in [0, 0.1) is 5.82 Å². The molecule has 0 spiro atoms. The summed E-state index contributed by atoms with van der Waals surface area (Å²) in [6, 6.07) is 6.51. The van der Waals surface area contributed by atoms with Gasteiger partial charge in [-0.1, -0.05) is 0 Å². The Bertz CT molecular complexity index is 519. The Morgan fingerprint density at radius 1 is 1.38 bits per heavy atom. The summed E-state index contributed by atoms with van der Waals surface area (Å²) in [7, 11) is 0. The molecular formula is C12H12FNO2. The van der Waals surface area contributed by atoms with Crippen LogP contribution in [-0.4, -0.2) is 15.6 Å². The first-order valence-corrected chi connectivity index (χ1v) is 5.13. The van der Waals surface area contributed by atoms with E-state index < -0.39 is 5.97 Å². The van der Waals surface area contributed by atoms with Gasteiger partial charge in [0.25, 0.3) is 0 Å². The topological polar surface area (TPSA) is 42.2 Å². The van der Waals surface area contributed by atoms with Crippen molar-refractivity contribution >= 4 is 16.9 Å². The lowest BCUT2D eigenvalue weighted by atomic mass is 10.2. The van der Waals surface area contributed by atoms with Crippen LogP contribution in [0.5, 0.6) is 0 Å². The summed E-state index contributed by atoms with van der Waals surface area (Å²) >= 11 is 0. The molecule has 1 N–H and O–H groups in total. The van der Waals surface area contributed by atoms with E-state index in [1.165, 1.54) is 12.1 Å². The second-order valence-electron chi connectivity index (χ2n) is 3.71. The van der Waals surface area contributed by atoms with E-state index in [4.69, 9.17) is 5.11 Å². The maximum atomic E-state index is 13.0. The van der Waals surface area contributed by atoms with E-state index in [2.05, 4.69) is 0 Å². The Morgan fingerprint density at radius 2 is 2.19 bits per heavy atom. The van der Waals surface area contributed by atoms with E-state index in [0.29, 0.717) is 13.0 Å². The lowest BCUT2D eigenvalue weighted by molar-refractivity contribution is -0.137. The molecule has 0 saturated carbocycles. The molecule has 1 aromatic carbocycles. The van der Waals surface area contributed by atoms with Crippen molar-refractivity contribution in [1.29, 1.82) is 0 Å². The number of nitrogens with zero attached hydrogens (tertiary/aromatic N) is 1. The average Bonchev–Trinajstić information content (AvgIpc) is 2.60. The number of carboxylic acid groups (broad SMARTS) is 1. The van der Waals surface area contributed by atoms with Gasteiger partial charge in [-0.2, -0.15) is 0 Å². The number of aromatic nitrogens is 1. The summed E-state index contributed by atoms with van der Waals surface area (Å²) in [5.74, 6) is -1.08. The van der Waals surface area contributed by atoms with Crippen LogP contribution in [-0.2, 0) is 11.3 Å². The minimum atomic E-state index is -0.803. The number of fused-ring (bicyclic) bond motifs is 1. The highest BCUT2D eigenvalue weighted by atomic mass is 19.1. The molecule has 16 heavy (non-hydrogen) atoms. The highest BCUT2D eigenvalue weighted by molar-refractivity contribution is 5.80. The second kappa shape index (κ2) is 4.35. The summed E-state index contributed by atoms with van der Waals surface area (Å²) < 4.78 is 14.9. The molecular weight excluding hydrogens is 209 g/mol. The van der Waals surface area contributed by atoms with Gasteiger partial charge in [0, 0.05) is 19.2 Å². The molecule has 0 aliphatic rings. The summed E-state index contributed by atoms with van der Waals surface area (Å²) in [6.45, 7) is 0.596. The fourth-order valence-corrected chi connectivity index (χ4v) is 1.75. The van der Waals surface area contributed by atoms with Crippen molar-refractivity contribution in [2.45, 2.75) is 19.4 Å². The lowest BCUT2D eigenvalue weighted by Gasteiger charge is -2.03. The first-order chi connectivity index (χ1) is 7.66. The molecule has 0 amide bonds. The summed E-state index contributed by atoms with van der Waals surface area (Å²) in [5.41, 5.74) is 0.811. The number of halogens is 1. The number of carboxylic acids is 1. The van der Waals surface area contributed by atoms with Crippen LogP contribution in [0.1, 0.15) is 12.8 Å². The Balaban J connectivity index is 2.17. The monoisotopic (exact) mass is 221 g/mol. The van der Waals surface area contributed by atoms with Gasteiger partial charge >= 0.3 is 5.97 Å². The van der Waals surface area contributed by atoms with E-state index in [-0.39, 0.29) is 12.2 Å². The van der Waals surface area contributed by atoms with Gasteiger partial charge in [-0.3, -0.25) is 4.79 Å². The molecule has 2 aromatic rings. The molecule has 84 valence electrons. The summed E-state index contributed by atoms with van der Waals surface area (Å²) in [6.07, 6.45) is 2.54. The van der Waals surface area contributed by atoms with Crippen molar-refractivity contribution in [3.63, 3.8) is 0 Å². The van der Waals surface area contributed by atoms with Crippen molar-refractivity contribution in [3.05, 3.63) is 36.3 Å². The molecule has 3 nitrogen and oxygen atoms in total. The predicted molar refractivity (Wildman–Crippen MR) is 58.8 cm³/mol. The molecule has 0 fully saturated rings. The molecule has 2 rings (SSSR count). The molecule has 0 aliphatic carbocycles. The average molecular weight is 221 g/mol. The molecule has 0 radical (unpaired) electrons. The van der Waals surface area contributed by atoms with E-state index in [9.17, 15) is 9.18 Å². The molecule has 1 heterocycles. The zero-order valence-electron chi connectivity index (χ0n) is 8.69. The first-order valence-electron chi connectivity index (χ1n) is 5.13. The minimum Gasteiger partial charge on any atom is -0.481 e. The van der Waals surface area contributed by atoms with E-state index >= 15 is 0 Å². The third-order valence-corrected chi connectivity index (χ3v) is 2.53. The fourth-order valence-electron chi connectivity index (χ4n) is 1.75. The van der Waals surface area contributed by atoms with Crippen molar-refractivity contribution < 1.29 is 14.3 Å². The van der Waals surface area contributed by atoms with Crippen LogP contribution in [0.15, 0.2) is 30.5 Å². The van der Waals surface area contributed by atoms with Gasteiger partial charge in [0.05, 0.1) is 5.52 Å². The Morgan fingerprint density at radius 3 is 2.94 bits per heavy atom. The Hall–Kier alpha value is -1.84. The van der Waals surface area contributed by atoms with Crippen LogP contribution >= 0.6 is 0 Å². The largest absolute Gasteiger partial charge is 0.481 e. The number of hydrogen-bond donors (Lipinski definition) is 1. The van der Waals surface area contributed by atoms with Gasteiger partial charge in [-0.05, 0) is 36.1 Å². The van der Waals surface area contributed by atoms with Gasteiger partial charge in [0.2, 0.25) is 0 Å². The van der Waals surface area contributed by atoms with Gasteiger partial charge in [0.15, 0.2) is 0 Å². The van der Waals surface area contributed by atoms with Crippen LogP contribution in [0.4, 0.5) is 4.39 Å². The van der Waals surface area contributed by atoms with E-state index in [1.54, 1.807) is 6.07 Å². The maximum absolute atomic E-state index is 13.0. The molecule has 0 aliphatic heterocycles. The second-order valence-corrected chi connectivity index (χ2v) is 3.71. The number of rotatable bonds is 4.